The van der Waals surface area contributed by atoms with E-state index in [1.54, 1.807) is 49.7 Å². The van der Waals surface area contributed by atoms with Crippen LogP contribution in [0.4, 0.5) is 0 Å². The van der Waals surface area contributed by atoms with Crippen molar-refractivity contribution in [3.63, 3.8) is 0 Å². The van der Waals surface area contributed by atoms with Crippen LogP contribution in [0.15, 0.2) is 53.6 Å². The van der Waals surface area contributed by atoms with Crippen LogP contribution in [-0.2, 0) is 14.3 Å². The van der Waals surface area contributed by atoms with Gasteiger partial charge in [0, 0.05) is 10.5 Å². The van der Waals surface area contributed by atoms with Crippen LogP contribution in [0, 0.1) is 0 Å². The normalized spacial score (nSPS) is 24.0. The summed E-state index contributed by atoms with van der Waals surface area (Å²) in [6.07, 6.45) is -1.65. The molecule has 1 aromatic heterocycles. The second-order valence-corrected chi connectivity index (χ2v) is 9.87. The molecule has 1 fully saturated rings. The van der Waals surface area contributed by atoms with Crippen LogP contribution < -0.4 is 4.74 Å². The molecule has 3 aromatic rings. The summed E-state index contributed by atoms with van der Waals surface area (Å²) in [5.41, 5.74) is 0.390. The van der Waals surface area contributed by atoms with Gasteiger partial charge in [0.2, 0.25) is 0 Å². The number of halogens is 2. The Bertz CT molecular complexity index is 1210. The van der Waals surface area contributed by atoms with Gasteiger partial charge >= 0.3 is 5.97 Å². The molecule has 0 saturated carbocycles. The highest BCUT2D eigenvalue weighted by atomic mass is 35.5. The lowest BCUT2D eigenvalue weighted by molar-refractivity contribution is -0.196. The quantitative estimate of drug-likeness (QED) is 0.361. The molecule has 2 aromatic carbocycles. The first-order valence-corrected chi connectivity index (χ1v) is 12.4. The predicted octanol–water partition coefficient (Wildman–Crippen LogP) is 3.14. The van der Waals surface area contributed by atoms with Crippen molar-refractivity contribution in [2.24, 2.45) is 0 Å². The van der Waals surface area contributed by atoms with Gasteiger partial charge in [0.15, 0.2) is 0 Å². The molecule has 2 heterocycles. The molecule has 1 aliphatic rings. The highest BCUT2D eigenvalue weighted by molar-refractivity contribution is 7.99. The topological polar surface area (TPSA) is 136 Å². The maximum Gasteiger partial charge on any atom is 0.329 e. The standard InChI is InChI=1S/C23H23Cl2N3O7S/c1-33-13-4-2-3-12(7-13)17-9-28(27-26-17)20-21(32)18(10-29)35-23(22(20)34-11-19(30)31)36-14-5-6-15(24)16(25)8-14/h2-9,18,20-23,29,32H,10-11H2,1H3,(H,30,31)/t18-,20+,21+,22-,23-/m1/s1. The third-order valence-corrected chi connectivity index (χ3v) is 7.43. The van der Waals surface area contributed by atoms with E-state index in [4.69, 9.17) is 37.4 Å². The van der Waals surface area contributed by atoms with Crippen molar-refractivity contribution in [1.29, 1.82) is 0 Å². The Balaban J connectivity index is 1.70. The number of rotatable bonds is 9. The second kappa shape index (κ2) is 11.8. The zero-order chi connectivity index (χ0) is 25.8. The van der Waals surface area contributed by atoms with Crippen LogP contribution in [0.5, 0.6) is 5.75 Å². The fourth-order valence-electron chi connectivity index (χ4n) is 3.82. The number of thioether (sulfide) groups is 1. The first-order valence-electron chi connectivity index (χ1n) is 10.8. The predicted molar refractivity (Wildman–Crippen MR) is 132 cm³/mol. The van der Waals surface area contributed by atoms with Gasteiger partial charge in [-0.3, -0.25) is 0 Å². The molecule has 3 N–H and O–H groups in total. The Morgan fingerprint density at radius 2 is 2.03 bits per heavy atom. The number of carboxylic acids is 1. The number of methoxy groups -OCH3 is 1. The summed E-state index contributed by atoms with van der Waals surface area (Å²) in [5.74, 6) is -0.560. The maximum absolute atomic E-state index is 11.3. The Hall–Kier alpha value is -2.38. The third-order valence-electron chi connectivity index (χ3n) is 5.55. The Kier molecular flexibility index (Phi) is 8.73. The van der Waals surface area contributed by atoms with E-state index in [-0.39, 0.29) is 0 Å². The number of hydrogen-bond donors (Lipinski definition) is 3. The van der Waals surface area contributed by atoms with Gasteiger partial charge in [0.05, 0.1) is 30.0 Å². The van der Waals surface area contributed by atoms with Crippen molar-refractivity contribution < 1.29 is 34.3 Å². The SMILES string of the molecule is COc1cccc(-c2cn([C@H]3[C@@H](O)[C@@H](CO)O[C@H](Sc4ccc(Cl)c(Cl)c4)[C@@H]3OCC(=O)O)nn2)c1. The average molecular weight is 556 g/mol. The molecule has 13 heteroatoms. The van der Waals surface area contributed by atoms with Crippen LogP contribution in [0.1, 0.15) is 6.04 Å². The Morgan fingerprint density at radius 3 is 2.72 bits per heavy atom. The fraction of sp³-hybridized carbons (Fsp3) is 0.348. The number of aliphatic hydroxyl groups excluding tert-OH is 2. The minimum Gasteiger partial charge on any atom is -0.497 e. The molecule has 5 atom stereocenters. The van der Waals surface area contributed by atoms with E-state index in [0.29, 0.717) is 26.4 Å². The molecule has 1 saturated heterocycles. The van der Waals surface area contributed by atoms with Gasteiger partial charge in [-0.1, -0.05) is 52.3 Å². The molecule has 0 bridgehead atoms. The lowest BCUT2D eigenvalue weighted by Crippen LogP contribution is -2.56. The van der Waals surface area contributed by atoms with Gasteiger partial charge in [0.1, 0.15) is 47.8 Å². The minimum absolute atomic E-state index is 0.329. The molecule has 192 valence electrons. The Morgan fingerprint density at radius 1 is 1.22 bits per heavy atom. The van der Waals surface area contributed by atoms with Crippen LogP contribution >= 0.6 is 35.0 Å². The third kappa shape index (κ3) is 5.94. The molecule has 36 heavy (non-hydrogen) atoms. The van der Waals surface area contributed by atoms with E-state index in [0.717, 1.165) is 5.56 Å². The summed E-state index contributed by atoms with van der Waals surface area (Å²) in [6.45, 7) is -1.13. The average Bonchev–Trinajstić information content (AvgIpc) is 3.35. The number of carbonyl (C=O) groups is 1. The molecular weight excluding hydrogens is 533 g/mol. The van der Waals surface area contributed by atoms with Gasteiger partial charge in [0.25, 0.3) is 0 Å². The number of hydrogen-bond acceptors (Lipinski definition) is 9. The van der Waals surface area contributed by atoms with Crippen LogP contribution in [-0.4, -0.2) is 80.4 Å². The molecule has 10 nitrogen and oxygen atoms in total. The number of aromatic nitrogens is 3. The molecule has 0 amide bonds. The van der Waals surface area contributed by atoms with E-state index < -0.39 is 49.0 Å². The first-order chi connectivity index (χ1) is 17.3. The minimum atomic E-state index is -1.28. The van der Waals surface area contributed by atoms with Crippen LogP contribution in [0.3, 0.4) is 0 Å². The summed E-state index contributed by atoms with van der Waals surface area (Å²) >= 11 is 13.4. The van der Waals surface area contributed by atoms with Crippen molar-refractivity contribution in [2.75, 3.05) is 20.3 Å². The maximum atomic E-state index is 11.3. The summed E-state index contributed by atoms with van der Waals surface area (Å²) in [4.78, 5) is 12.0. The van der Waals surface area contributed by atoms with E-state index in [2.05, 4.69) is 10.3 Å². The smallest absolute Gasteiger partial charge is 0.329 e. The summed E-state index contributed by atoms with van der Waals surface area (Å²) < 4.78 is 18.3. The van der Waals surface area contributed by atoms with E-state index in [9.17, 15) is 20.1 Å². The monoisotopic (exact) mass is 555 g/mol. The number of nitrogens with zero attached hydrogens (tertiary/aromatic N) is 3. The summed E-state index contributed by atoms with van der Waals surface area (Å²) in [6, 6.07) is 11.3. The van der Waals surface area contributed by atoms with Gasteiger partial charge in [-0.25, -0.2) is 9.48 Å². The van der Waals surface area contributed by atoms with Crippen molar-refractivity contribution in [2.45, 2.75) is 34.7 Å². The summed E-state index contributed by atoms with van der Waals surface area (Å²) in [5, 5.41) is 39.3. The molecule has 0 aliphatic carbocycles. The highest BCUT2D eigenvalue weighted by Gasteiger charge is 2.48. The molecule has 1 aliphatic heterocycles. The molecule has 0 unspecified atom stereocenters. The van der Waals surface area contributed by atoms with Crippen molar-refractivity contribution in [3.8, 4) is 17.0 Å². The van der Waals surface area contributed by atoms with Crippen molar-refractivity contribution in [3.05, 3.63) is 58.7 Å². The van der Waals surface area contributed by atoms with Gasteiger partial charge in [-0.15, -0.1) is 5.10 Å². The lowest BCUT2D eigenvalue weighted by Gasteiger charge is -2.43. The molecule has 0 radical (unpaired) electrons. The van der Waals surface area contributed by atoms with Crippen molar-refractivity contribution in [1.82, 2.24) is 15.0 Å². The number of ether oxygens (including phenoxy) is 3. The summed E-state index contributed by atoms with van der Waals surface area (Å²) in [7, 11) is 1.56. The molecule has 0 spiro atoms. The number of aliphatic carboxylic acids is 1. The highest BCUT2D eigenvalue weighted by Crippen LogP contribution is 2.41. The van der Waals surface area contributed by atoms with E-state index >= 15 is 0 Å². The van der Waals surface area contributed by atoms with Crippen LogP contribution in [0.25, 0.3) is 11.3 Å². The zero-order valence-corrected chi connectivity index (χ0v) is 21.2. The first kappa shape index (κ1) is 26.7. The Labute approximate surface area is 220 Å². The van der Waals surface area contributed by atoms with Gasteiger partial charge < -0.3 is 29.5 Å². The largest absolute Gasteiger partial charge is 0.497 e. The molecule has 4 rings (SSSR count). The van der Waals surface area contributed by atoms with Gasteiger partial charge in [-0.05, 0) is 30.3 Å². The number of benzene rings is 2. The van der Waals surface area contributed by atoms with E-state index in [1.807, 2.05) is 6.07 Å². The lowest BCUT2D eigenvalue weighted by atomic mass is 9.97. The van der Waals surface area contributed by atoms with E-state index in [1.165, 1.54) is 16.4 Å². The number of carboxylic acid groups (broad SMARTS) is 1. The van der Waals surface area contributed by atoms with Crippen LogP contribution in [0.2, 0.25) is 10.0 Å². The zero-order valence-electron chi connectivity index (χ0n) is 18.9. The second-order valence-electron chi connectivity index (χ2n) is 7.89. The van der Waals surface area contributed by atoms with Gasteiger partial charge in [-0.2, -0.15) is 0 Å². The number of aliphatic hydroxyl groups is 2. The fourth-order valence-corrected chi connectivity index (χ4v) is 5.36. The van der Waals surface area contributed by atoms with Crippen molar-refractivity contribution >= 4 is 40.9 Å². The molecular formula is C23H23Cl2N3O7S.